The number of halogens is 3. The van der Waals surface area contributed by atoms with Crippen LogP contribution < -0.4 is 9.62 Å². The first-order valence-corrected chi connectivity index (χ1v) is 18.5. The lowest BCUT2D eigenvalue weighted by Crippen LogP contribution is -2.55. The number of amides is 2. The monoisotopic (exact) mass is 725 g/mol. The van der Waals surface area contributed by atoms with E-state index in [-0.39, 0.29) is 45.5 Å². The fourth-order valence-electron chi connectivity index (χ4n) is 5.91. The molecule has 2 amide bonds. The van der Waals surface area contributed by atoms with Gasteiger partial charge in [0.05, 0.1) is 20.6 Å². The van der Waals surface area contributed by atoms with Crippen LogP contribution in [0.2, 0.25) is 15.1 Å². The third kappa shape index (κ3) is 8.91. The molecular formula is C37H38Cl3N3O4S. The van der Waals surface area contributed by atoms with Crippen molar-refractivity contribution in [2.45, 2.75) is 69.0 Å². The fraction of sp³-hybridized carbons (Fsp3) is 0.297. The Morgan fingerprint density at radius 2 is 1.48 bits per heavy atom. The summed E-state index contributed by atoms with van der Waals surface area (Å²) < 4.78 is 29.5. The van der Waals surface area contributed by atoms with Gasteiger partial charge in [0.15, 0.2) is 0 Å². The van der Waals surface area contributed by atoms with Gasteiger partial charge in [0, 0.05) is 24.0 Å². The minimum absolute atomic E-state index is 0.000466. The highest BCUT2D eigenvalue weighted by Crippen LogP contribution is 2.31. The van der Waals surface area contributed by atoms with Crippen molar-refractivity contribution in [3.05, 3.63) is 129 Å². The second-order valence-electron chi connectivity index (χ2n) is 12.1. The number of sulfonamides is 1. The van der Waals surface area contributed by atoms with Crippen LogP contribution in [0.15, 0.2) is 102 Å². The molecule has 4 aromatic rings. The van der Waals surface area contributed by atoms with Crippen LogP contribution in [0.1, 0.15) is 48.8 Å². The second kappa shape index (κ2) is 16.2. The third-order valence-corrected chi connectivity index (χ3v) is 11.5. The van der Waals surface area contributed by atoms with E-state index in [1.54, 1.807) is 30.3 Å². The van der Waals surface area contributed by atoms with Gasteiger partial charge in [-0.25, -0.2) is 8.42 Å². The molecule has 4 aromatic carbocycles. The van der Waals surface area contributed by atoms with Gasteiger partial charge >= 0.3 is 0 Å². The van der Waals surface area contributed by atoms with Gasteiger partial charge in [0.25, 0.3) is 10.0 Å². The van der Waals surface area contributed by atoms with Crippen molar-refractivity contribution in [1.29, 1.82) is 0 Å². The molecule has 0 radical (unpaired) electrons. The highest BCUT2D eigenvalue weighted by atomic mass is 35.5. The van der Waals surface area contributed by atoms with Crippen molar-refractivity contribution < 1.29 is 18.0 Å². The molecule has 1 atom stereocenters. The molecular weight excluding hydrogens is 689 g/mol. The minimum Gasteiger partial charge on any atom is -0.352 e. The van der Waals surface area contributed by atoms with Crippen molar-refractivity contribution in [2.75, 3.05) is 10.8 Å². The quantitative estimate of drug-likeness (QED) is 0.159. The number of aryl methyl sites for hydroxylation is 1. The Balaban J connectivity index is 1.58. The molecule has 1 aliphatic rings. The molecule has 0 spiro atoms. The molecule has 0 heterocycles. The lowest BCUT2D eigenvalue weighted by Gasteiger charge is -2.35. The average Bonchev–Trinajstić information content (AvgIpc) is 3.08. The second-order valence-corrected chi connectivity index (χ2v) is 15.2. The Morgan fingerprint density at radius 1 is 0.812 bits per heavy atom. The van der Waals surface area contributed by atoms with Gasteiger partial charge in [-0.2, -0.15) is 0 Å². The lowest BCUT2D eigenvalue weighted by atomic mass is 9.94. The van der Waals surface area contributed by atoms with Gasteiger partial charge in [-0.15, -0.1) is 0 Å². The van der Waals surface area contributed by atoms with Crippen molar-refractivity contribution in [3.8, 4) is 0 Å². The van der Waals surface area contributed by atoms with E-state index in [4.69, 9.17) is 34.8 Å². The number of nitrogens with zero attached hydrogens (tertiary/aromatic N) is 2. The Kier molecular flexibility index (Phi) is 12.1. The smallest absolute Gasteiger partial charge is 0.264 e. The zero-order valence-corrected chi connectivity index (χ0v) is 29.7. The molecule has 1 N–H and O–H groups in total. The number of anilines is 1. The number of rotatable bonds is 12. The zero-order valence-electron chi connectivity index (χ0n) is 26.6. The van der Waals surface area contributed by atoms with Crippen molar-refractivity contribution in [1.82, 2.24) is 10.2 Å². The molecule has 7 nitrogen and oxygen atoms in total. The van der Waals surface area contributed by atoms with Crippen molar-refractivity contribution in [2.24, 2.45) is 0 Å². The molecule has 0 unspecified atom stereocenters. The van der Waals surface area contributed by atoms with Crippen LogP contribution in [0, 0.1) is 6.92 Å². The van der Waals surface area contributed by atoms with Gasteiger partial charge in [0.2, 0.25) is 11.8 Å². The van der Waals surface area contributed by atoms with Gasteiger partial charge < -0.3 is 10.2 Å². The molecule has 48 heavy (non-hydrogen) atoms. The maximum absolute atomic E-state index is 14.7. The van der Waals surface area contributed by atoms with Crippen molar-refractivity contribution >= 4 is 62.3 Å². The summed E-state index contributed by atoms with van der Waals surface area (Å²) in [6.45, 7) is 1.23. The number of hydrogen-bond donors (Lipinski definition) is 1. The average molecular weight is 727 g/mol. The van der Waals surface area contributed by atoms with E-state index in [1.807, 2.05) is 43.3 Å². The highest BCUT2D eigenvalue weighted by Gasteiger charge is 2.36. The normalized spacial score (nSPS) is 14.2. The summed E-state index contributed by atoms with van der Waals surface area (Å²) in [7, 11) is -4.28. The minimum atomic E-state index is -4.28. The third-order valence-electron chi connectivity index (χ3n) is 8.60. The van der Waals surface area contributed by atoms with E-state index in [1.165, 1.54) is 35.2 Å². The van der Waals surface area contributed by atoms with Crippen LogP contribution in [0.5, 0.6) is 0 Å². The molecule has 5 rings (SSSR count). The number of carbonyl (C=O) groups is 2. The predicted molar refractivity (Wildman–Crippen MR) is 193 cm³/mol. The molecule has 1 fully saturated rings. The summed E-state index contributed by atoms with van der Waals surface area (Å²) in [6.07, 6.45) is 5.10. The maximum atomic E-state index is 14.7. The van der Waals surface area contributed by atoms with Crippen LogP contribution in [0.25, 0.3) is 0 Å². The van der Waals surface area contributed by atoms with Crippen LogP contribution in [0.4, 0.5) is 5.69 Å². The SMILES string of the molecule is Cc1ccc(S(=O)(=O)N(CC(=O)N(Cc2ccccc2Cl)[C@@H](Cc2ccccc2)C(=O)NC2CCCCC2)c2ccc(Cl)c(Cl)c2)cc1. The topological polar surface area (TPSA) is 86.8 Å². The largest absolute Gasteiger partial charge is 0.352 e. The number of benzene rings is 4. The van der Waals surface area contributed by atoms with E-state index >= 15 is 0 Å². The van der Waals surface area contributed by atoms with Gasteiger partial charge in [-0.3, -0.25) is 13.9 Å². The Bertz CT molecular complexity index is 1830. The van der Waals surface area contributed by atoms with Crippen LogP contribution in [-0.2, 0) is 32.6 Å². The zero-order chi connectivity index (χ0) is 34.3. The molecule has 0 aliphatic heterocycles. The summed E-state index contributed by atoms with van der Waals surface area (Å²) in [4.78, 5) is 30.4. The number of hydrogen-bond acceptors (Lipinski definition) is 4. The van der Waals surface area contributed by atoms with E-state index < -0.39 is 28.5 Å². The first-order valence-electron chi connectivity index (χ1n) is 15.9. The van der Waals surface area contributed by atoms with Crippen LogP contribution >= 0.6 is 34.8 Å². The summed E-state index contributed by atoms with van der Waals surface area (Å²) in [5.74, 6) is -0.884. The van der Waals surface area contributed by atoms with Crippen LogP contribution in [0.3, 0.4) is 0 Å². The number of carbonyl (C=O) groups excluding carboxylic acids is 2. The first-order chi connectivity index (χ1) is 23.0. The highest BCUT2D eigenvalue weighted by molar-refractivity contribution is 7.92. The predicted octanol–water partition coefficient (Wildman–Crippen LogP) is 8.24. The molecule has 0 saturated heterocycles. The Morgan fingerprint density at radius 3 is 2.15 bits per heavy atom. The van der Waals surface area contributed by atoms with E-state index in [2.05, 4.69) is 5.32 Å². The van der Waals surface area contributed by atoms with Crippen LogP contribution in [-0.4, -0.2) is 43.8 Å². The lowest BCUT2D eigenvalue weighted by molar-refractivity contribution is -0.140. The summed E-state index contributed by atoms with van der Waals surface area (Å²) in [5, 5.41) is 4.00. The number of nitrogens with one attached hydrogen (secondary N) is 1. The molecule has 1 saturated carbocycles. The summed E-state index contributed by atoms with van der Waals surface area (Å²) in [6, 6.07) is 26.4. The molecule has 252 valence electrons. The van der Waals surface area contributed by atoms with E-state index in [0.717, 1.165) is 47.5 Å². The van der Waals surface area contributed by atoms with E-state index in [9.17, 15) is 18.0 Å². The molecule has 0 aromatic heterocycles. The summed E-state index contributed by atoms with van der Waals surface area (Å²) >= 11 is 19.2. The first kappa shape index (κ1) is 35.7. The molecule has 11 heteroatoms. The Labute approximate surface area is 297 Å². The molecule has 0 bridgehead atoms. The Hall–Kier alpha value is -3.56. The maximum Gasteiger partial charge on any atom is 0.264 e. The van der Waals surface area contributed by atoms with Gasteiger partial charge in [-0.05, 0) is 67.3 Å². The van der Waals surface area contributed by atoms with Gasteiger partial charge in [-0.1, -0.05) is 120 Å². The van der Waals surface area contributed by atoms with Crippen molar-refractivity contribution in [3.63, 3.8) is 0 Å². The summed E-state index contributed by atoms with van der Waals surface area (Å²) in [5.41, 5.74) is 2.51. The fourth-order valence-corrected chi connectivity index (χ4v) is 7.81. The molecule has 1 aliphatic carbocycles. The standard InChI is InChI=1S/C37H38Cl3N3O4S/c1-26-16-19-31(20-17-26)48(46,47)43(30-18-21-33(39)34(40)23-30)25-36(44)42(24-28-12-8-9-15-32(28)38)35(22-27-10-4-2-5-11-27)37(45)41-29-13-6-3-7-14-29/h2,4-5,8-12,15-21,23,29,35H,3,6-7,13-14,22,24-25H2,1H3,(H,41,45)/t35-/m0/s1. The van der Waals surface area contributed by atoms with Gasteiger partial charge in [0.1, 0.15) is 12.6 Å². The van der Waals surface area contributed by atoms with E-state index in [0.29, 0.717) is 10.6 Å².